The molecule has 2 aromatic rings. The molecule has 5 rings (SSSR count). The van der Waals surface area contributed by atoms with Gasteiger partial charge in [-0.15, -0.1) is 11.3 Å². The van der Waals surface area contributed by atoms with Gasteiger partial charge in [0.15, 0.2) is 0 Å². The number of nitrogens with zero attached hydrogens (tertiary/aromatic N) is 2. The lowest BCUT2D eigenvalue weighted by atomic mass is 10.0. The first-order valence-electron chi connectivity index (χ1n) is 11.6. The van der Waals surface area contributed by atoms with Crippen molar-refractivity contribution in [3.05, 3.63) is 51.7 Å². The number of anilines is 2. The summed E-state index contributed by atoms with van der Waals surface area (Å²) < 4.78 is 0. The Morgan fingerprint density at radius 3 is 2.63 bits per heavy atom. The molecule has 0 saturated carbocycles. The normalized spacial score (nSPS) is 23.9. The number of rotatable bonds is 5. The van der Waals surface area contributed by atoms with Crippen molar-refractivity contribution in [3.63, 3.8) is 0 Å². The van der Waals surface area contributed by atoms with Crippen LogP contribution in [0.3, 0.4) is 0 Å². The number of hydrogen-bond donors (Lipinski definition) is 2. The third-order valence-electron chi connectivity index (χ3n) is 6.78. The number of hydrogen-bond acceptors (Lipinski definition) is 5. The van der Waals surface area contributed by atoms with Gasteiger partial charge in [0.1, 0.15) is 0 Å². The van der Waals surface area contributed by atoms with Gasteiger partial charge in [0.05, 0.1) is 22.3 Å². The van der Waals surface area contributed by atoms with E-state index >= 15 is 0 Å². The summed E-state index contributed by atoms with van der Waals surface area (Å²) >= 11 is 1.93. The maximum absolute atomic E-state index is 3.81. The molecule has 5 heteroatoms. The van der Waals surface area contributed by atoms with Crippen molar-refractivity contribution in [2.24, 2.45) is 5.92 Å². The average Bonchev–Trinajstić information content (AvgIpc) is 3.40. The van der Waals surface area contributed by atoms with E-state index < -0.39 is 0 Å². The van der Waals surface area contributed by atoms with Gasteiger partial charge in [-0.3, -0.25) is 0 Å². The van der Waals surface area contributed by atoms with Crippen molar-refractivity contribution < 1.29 is 0 Å². The van der Waals surface area contributed by atoms with Crippen LogP contribution >= 0.6 is 11.3 Å². The molecule has 0 aliphatic carbocycles. The van der Waals surface area contributed by atoms with E-state index in [0.717, 1.165) is 32.1 Å². The summed E-state index contributed by atoms with van der Waals surface area (Å²) in [6.45, 7) is 11.3. The standard InChI is InChI=1S/C25H34N4S/c1-3-4-19-9-12-29(17-19)24-16-22(27-23-15-18(2)30-25(23)24)20-5-7-21(8-6-20)28-13-10-26-11-14-28/h5-8,15-16,19,22,26-27H,3-4,9-14,17H2,1-2H3. The smallest absolute Gasteiger partial charge is 0.0736 e. The summed E-state index contributed by atoms with van der Waals surface area (Å²) in [6.07, 6.45) is 6.47. The van der Waals surface area contributed by atoms with Crippen LogP contribution in [0.15, 0.2) is 36.4 Å². The van der Waals surface area contributed by atoms with E-state index in [1.807, 2.05) is 11.3 Å². The molecule has 2 unspecified atom stereocenters. The number of likely N-dealkylation sites (tertiary alicyclic amines) is 1. The first-order chi connectivity index (χ1) is 14.7. The topological polar surface area (TPSA) is 30.5 Å². The van der Waals surface area contributed by atoms with Crippen LogP contribution < -0.4 is 15.5 Å². The van der Waals surface area contributed by atoms with Crippen LogP contribution in [0.2, 0.25) is 0 Å². The molecule has 3 aliphatic heterocycles. The zero-order valence-electron chi connectivity index (χ0n) is 18.3. The lowest BCUT2D eigenvalue weighted by Gasteiger charge is -2.31. The fourth-order valence-electron chi connectivity index (χ4n) is 5.19. The molecule has 0 radical (unpaired) electrons. The maximum Gasteiger partial charge on any atom is 0.0736 e. The summed E-state index contributed by atoms with van der Waals surface area (Å²) in [6, 6.07) is 11.8. The summed E-state index contributed by atoms with van der Waals surface area (Å²) in [5, 5.41) is 7.24. The fourth-order valence-corrected chi connectivity index (χ4v) is 6.22. The summed E-state index contributed by atoms with van der Waals surface area (Å²) in [5.41, 5.74) is 5.46. The van der Waals surface area contributed by atoms with Gasteiger partial charge in [-0.05, 0) is 55.5 Å². The van der Waals surface area contributed by atoms with Crippen molar-refractivity contribution in [2.45, 2.75) is 39.2 Å². The minimum absolute atomic E-state index is 0.240. The van der Waals surface area contributed by atoms with E-state index in [1.165, 1.54) is 64.7 Å². The zero-order chi connectivity index (χ0) is 20.5. The molecule has 3 aliphatic rings. The number of aryl methyl sites for hydroxylation is 1. The zero-order valence-corrected chi connectivity index (χ0v) is 19.1. The minimum Gasteiger partial charge on any atom is -0.373 e. The fraction of sp³-hybridized carbons (Fsp3) is 0.520. The van der Waals surface area contributed by atoms with Gasteiger partial charge in [-0.25, -0.2) is 0 Å². The van der Waals surface area contributed by atoms with Gasteiger partial charge in [0.2, 0.25) is 0 Å². The van der Waals surface area contributed by atoms with Crippen LogP contribution in [0, 0.1) is 12.8 Å². The molecule has 30 heavy (non-hydrogen) atoms. The molecule has 1 aromatic carbocycles. The lowest BCUT2D eigenvalue weighted by molar-refractivity contribution is 0.441. The Hall–Kier alpha value is -1.98. The predicted octanol–water partition coefficient (Wildman–Crippen LogP) is 5.10. The Labute approximate surface area is 185 Å². The molecule has 4 heterocycles. The molecular formula is C25H34N4S. The van der Waals surface area contributed by atoms with Crippen LogP contribution in [0.5, 0.6) is 0 Å². The van der Waals surface area contributed by atoms with Crippen LogP contribution in [0.1, 0.15) is 47.5 Å². The molecule has 0 amide bonds. The van der Waals surface area contributed by atoms with Gasteiger partial charge < -0.3 is 20.4 Å². The van der Waals surface area contributed by atoms with Crippen molar-refractivity contribution in [3.8, 4) is 0 Å². The molecule has 4 nitrogen and oxygen atoms in total. The molecule has 2 N–H and O–H groups in total. The van der Waals surface area contributed by atoms with Gasteiger partial charge in [-0.1, -0.05) is 25.5 Å². The first-order valence-corrected chi connectivity index (χ1v) is 12.4. The number of fused-ring (bicyclic) bond motifs is 1. The van der Waals surface area contributed by atoms with Gasteiger partial charge in [0.25, 0.3) is 0 Å². The quantitative estimate of drug-likeness (QED) is 0.702. The van der Waals surface area contributed by atoms with E-state index in [2.05, 4.69) is 70.7 Å². The Kier molecular flexibility index (Phi) is 5.74. The highest BCUT2D eigenvalue weighted by molar-refractivity contribution is 7.13. The van der Waals surface area contributed by atoms with Crippen molar-refractivity contribution >= 4 is 28.4 Å². The molecule has 2 fully saturated rings. The average molecular weight is 423 g/mol. The van der Waals surface area contributed by atoms with E-state index in [0.29, 0.717) is 0 Å². The molecular weight excluding hydrogens is 388 g/mol. The Balaban J connectivity index is 1.40. The molecule has 2 atom stereocenters. The predicted molar refractivity (Wildman–Crippen MR) is 130 cm³/mol. The highest BCUT2D eigenvalue weighted by atomic mass is 32.1. The van der Waals surface area contributed by atoms with Crippen molar-refractivity contribution in [2.75, 3.05) is 49.5 Å². The summed E-state index contributed by atoms with van der Waals surface area (Å²) in [4.78, 5) is 7.95. The second-order valence-electron chi connectivity index (χ2n) is 8.99. The third kappa shape index (κ3) is 3.97. The first kappa shape index (κ1) is 20.0. The van der Waals surface area contributed by atoms with Crippen molar-refractivity contribution in [1.29, 1.82) is 0 Å². The Morgan fingerprint density at radius 2 is 1.87 bits per heavy atom. The number of benzene rings is 1. The Morgan fingerprint density at radius 1 is 1.07 bits per heavy atom. The summed E-state index contributed by atoms with van der Waals surface area (Å²) in [7, 11) is 0. The second-order valence-corrected chi connectivity index (χ2v) is 10.2. The third-order valence-corrected chi connectivity index (χ3v) is 7.85. The van der Waals surface area contributed by atoms with Crippen LogP contribution in [-0.2, 0) is 0 Å². The molecule has 2 saturated heterocycles. The van der Waals surface area contributed by atoms with E-state index in [4.69, 9.17) is 0 Å². The molecule has 160 valence electrons. The van der Waals surface area contributed by atoms with Gasteiger partial charge >= 0.3 is 0 Å². The minimum atomic E-state index is 0.240. The largest absolute Gasteiger partial charge is 0.373 e. The van der Waals surface area contributed by atoms with Gasteiger partial charge in [-0.2, -0.15) is 0 Å². The summed E-state index contributed by atoms with van der Waals surface area (Å²) in [5.74, 6) is 0.854. The van der Waals surface area contributed by atoms with Crippen LogP contribution in [0.4, 0.5) is 11.4 Å². The van der Waals surface area contributed by atoms with Crippen LogP contribution in [0.25, 0.3) is 5.70 Å². The SMILES string of the molecule is CCCC1CCN(C2=CC(c3ccc(N4CCNCC4)cc3)Nc3cc(C)sc32)C1. The molecule has 0 spiro atoms. The van der Waals surface area contributed by atoms with Crippen molar-refractivity contribution in [1.82, 2.24) is 10.2 Å². The van der Waals surface area contributed by atoms with Gasteiger partial charge in [0, 0.05) is 49.8 Å². The van der Waals surface area contributed by atoms with E-state index in [9.17, 15) is 0 Å². The number of nitrogens with one attached hydrogen (secondary N) is 2. The molecule has 1 aromatic heterocycles. The highest BCUT2D eigenvalue weighted by Gasteiger charge is 2.30. The lowest BCUT2D eigenvalue weighted by Crippen LogP contribution is -2.43. The number of piperazine rings is 1. The van der Waals surface area contributed by atoms with E-state index in [-0.39, 0.29) is 6.04 Å². The monoisotopic (exact) mass is 422 g/mol. The molecule has 0 bridgehead atoms. The van der Waals surface area contributed by atoms with Crippen LogP contribution in [-0.4, -0.2) is 44.2 Å². The highest BCUT2D eigenvalue weighted by Crippen LogP contribution is 2.43. The van der Waals surface area contributed by atoms with E-state index in [1.54, 1.807) is 0 Å². The maximum atomic E-state index is 3.81. The Bertz CT molecular complexity index is 894. The number of thiophene rings is 1. The second kappa shape index (κ2) is 8.64.